The number of hydrogen-bond acceptors (Lipinski definition) is 4. The van der Waals surface area contributed by atoms with E-state index in [-0.39, 0.29) is 0 Å². The Morgan fingerprint density at radius 3 is 1.30 bits per heavy atom. The van der Waals surface area contributed by atoms with Gasteiger partial charge in [0, 0.05) is 10.8 Å². The molecule has 0 fully saturated rings. The van der Waals surface area contributed by atoms with Crippen LogP contribution in [-0.2, 0) is 0 Å². The lowest BCUT2D eigenvalue weighted by atomic mass is 9.79. The van der Waals surface area contributed by atoms with Crippen LogP contribution < -0.4 is 5.46 Å². The van der Waals surface area contributed by atoms with Gasteiger partial charge < -0.3 is 10.0 Å². The molecule has 5 aromatic carbocycles. The van der Waals surface area contributed by atoms with Crippen molar-refractivity contribution >= 4 is 57.6 Å². The molecule has 7 aromatic rings. The second-order valence-corrected chi connectivity index (χ2v) is 10.7. The smallest absolute Gasteiger partial charge is 0.423 e. The molecule has 2 heterocycles. The van der Waals surface area contributed by atoms with Gasteiger partial charge in [-0.25, -0.2) is 9.97 Å². The molecule has 0 amide bonds. The molecule has 0 radical (unpaired) electrons. The summed E-state index contributed by atoms with van der Waals surface area (Å²) in [5, 5.41) is 21.0. The van der Waals surface area contributed by atoms with Crippen molar-refractivity contribution in [2.45, 2.75) is 0 Å². The van der Waals surface area contributed by atoms with Crippen molar-refractivity contribution in [2.24, 2.45) is 0 Å². The van der Waals surface area contributed by atoms with Crippen LogP contribution in [0.5, 0.6) is 0 Å². The molecule has 7 heteroatoms. The Hall–Kier alpha value is -4.52. The van der Waals surface area contributed by atoms with Crippen LogP contribution in [-0.4, -0.2) is 27.1 Å². The summed E-state index contributed by atoms with van der Waals surface area (Å²) < 4.78 is 0. The molecule has 4 nitrogen and oxygen atoms in total. The first-order valence-electron chi connectivity index (χ1n) is 13.7. The van der Waals surface area contributed by atoms with Crippen LogP contribution in [0.25, 0.3) is 55.2 Å². The average Bonchev–Trinajstić information content (AvgIpc) is 3.05. The van der Waals surface area contributed by atoms with Crippen molar-refractivity contribution in [3.63, 3.8) is 0 Å². The first kappa shape index (κ1) is 28.6. The third-order valence-electron chi connectivity index (χ3n) is 7.16. The summed E-state index contributed by atoms with van der Waals surface area (Å²) in [6.45, 7) is 0. The van der Waals surface area contributed by atoms with Crippen molar-refractivity contribution in [3.8, 4) is 33.4 Å². The molecular weight excluding hydrogens is 574 g/mol. The molecule has 208 valence electrons. The van der Waals surface area contributed by atoms with E-state index in [0.717, 1.165) is 55.2 Å². The summed E-state index contributed by atoms with van der Waals surface area (Å²) in [6.07, 6.45) is 0. The summed E-state index contributed by atoms with van der Waals surface area (Å²) in [4.78, 5) is 9.22. The molecule has 0 aliphatic heterocycles. The minimum Gasteiger partial charge on any atom is -0.423 e. The molecule has 0 spiro atoms. The zero-order chi connectivity index (χ0) is 29.8. The van der Waals surface area contributed by atoms with Gasteiger partial charge in [0.15, 0.2) is 0 Å². The second kappa shape index (κ2) is 12.8. The molecule has 0 unspecified atom stereocenters. The Balaban J connectivity index is 0.000000185. The van der Waals surface area contributed by atoms with Crippen molar-refractivity contribution in [2.75, 3.05) is 0 Å². The minimum atomic E-state index is -1.41. The maximum Gasteiger partial charge on any atom is 0.488 e. The van der Waals surface area contributed by atoms with E-state index in [1.807, 2.05) is 91.0 Å². The van der Waals surface area contributed by atoms with E-state index >= 15 is 0 Å². The Morgan fingerprint density at radius 1 is 0.442 bits per heavy atom. The standard InChI is InChI=1S/C24H14Cl2N2.C12H11BO2/c25-21-13-19(15-7-3-1-4-8-15)17-11-12-18-20(16-9-5-2-6-10-16)14-22(26)28-24(18)23(17)27-21;14-13(15)12-8-4-7-11(9-12)10-5-2-1-3-6-10/h1-14H;1-9,14-15H. The molecule has 0 saturated heterocycles. The van der Waals surface area contributed by atoms with E-state index in [1.54, 1.807) is 12.1 Å². The second-order valence-electron chi connectivity index (χ2n) is 9.94. The molecule has 0 bridgehead atoms. The van der Waals surface area contributed by atoms with Gasteiger partial charge in [0.2, 0.25) is 0 Å². The number of nitrogens with zero attached hydrogens (tertiary/aromatic N) is 2. The SMILES string of the molecule is Clc1cc(-c2ccccc2)c2ccc3c(-c4ccccc4)cc(Cl)nc3c2n1.OB(O)c1cccc(-c2ccccc2)c1. The zero-order valence-corrected chi connectivity index (χ0v) is 24.4. The molecule has 0 aliphatic carbocycles. The van der Waals surface area contributed by atoms with E-state index in [1.165, 1.54) is 0 Å². The van der Waals surface area contributed by atoms with Gasteiger partial charge in [-0.1, -0.05) is 151 Å². The van der Waals surface area contributed by atoms with Gasteiger partial charge in [0.05, 0.1) is 11.0 Å². The van der Waals surface area contributed by atoms with Gasteiger partial charge >= 0.3 is 7.12 Å². The molecule has 2 N–H and O–H groups in total. The van der Waals surface area contributed by atoms with Crippen LogP contribution in [0, 0.1) is 0 Å². The van der Waals surface area contributed by atoms with Crippen LogP contribution >= 0.6 is 23.2 Å². The fourth-order valence-corrected chi connectivity index (χ4v) is 5.52. The maximum atomic E-state index is 9.05. The van der Waals surface area contributed by atoms with Crippen LogP contribution in [0.2, 0.25) is 10.3 Å². The van der Waals surface area contributed by atoms with E-state index in [0.29, 0.717) is 15.8 Å². The van der Waals surface area contributed by atoms with Gasteiger partial charge in [-0.15, -0.1) is 0 Å². The predicted molar refractivity (Wildman–Crippen MR) is 180 cm³/mol. The van der Waals surface area contributed by atoms with E-state index < -0.39 is 7.12 Å². The minimum absolute atomic E-state index is 0.432. The summed E-state index contributed by atoms with van der Waals surface area (Å²) >= 11 is 12.8. The Bertz CT molecular complexity index is 1920. The number of pyridine rings is 2. The first-order valence-corrected chi connectivity index (χ1v) is 14.5. The zero-order valence-electron chi connectivity index (χ0n) is 22.9. The number of aromatic nitrogens is 2. The lowest BCUT2D eigenvalue weighted by Gasteiger charge is -2.12. The molecule has 7 rings (SSSR count). The first-order chi connectivity index (χ1) is 21.0. The van der Waals surface area contributed by atoms with Crippen molar-refractivity contribution in [3.05, 3.63) is 150 Å². The van der Waals surface area contributed by atoms with Gasteiger partial charge in [0.25, 0.3) is 0 Å². The lowest BCUT2D eigenvalue weighted by Crippen LogP contribution is -2.29. The highest BCUT2D eigenvalue weighted by Gasteiger charge is 2.15. The largest absolute Gasteiger partial charge is 0.488 e. The Kier molecular flexibility index (Phi) is 8.50. The average molecular weight is 599 g/mol. The highest BCUT2D eigenvalue weighted by Crippen LogP contribution is 2.37. The van der Waals surface area contributed by atoms with Crippen LogP contribution in [0.4, 0.5) is 0 Å². The molecule has 2 aromatic heterocycles. The quantitative estimate of drug-likeness (QED) is 0.121. The maximum absolute atomic E-state index is 9.05. The van der Waals surface area contributed by atoms with Crippen LogP contribution in [0.3, 0.4) is 0 Å². The summed E-state index contributed by atoms with van der Waals surface area (Å²) in [5.41, 5.74) is 8.30. The number of hydrogen-bond donors (Lipinski definition) is 2. The fraction of sp³-hybridized carbons (Fsp3) is 0. The van der Waals surface area contributed by atoms with Crippen LogP contribution in [0.15, 0.2) is 140 Å². The monoisotopic (exact) mass is 598 g/mol. The molecular formula is C36H25BCl2N2O2. The van der Waals surface area contributed by atoms with Gasteiger partial charge in [-0.3, -0.25) is 0 Å². The van der Waals surface area contributed by atoms with Crippen LogP contribution in [0.1, 0.15) is 0 Å². The molecule has 43 heavy (non-hydrogen) atoms. The van der Waals surface area contributed by atoms with Gasteiger partial charge in [-0.2, -0.15) is 0 Å². The Morgan fingerprint density at radius 2 is 0.860 bits per heavy atom. The van der Waals surface area contributed by atoms with Crippen molar-refractivity contribution in [1.29, 1.82) is 0 Å². The number of benzene rings is 5. The Labute approximate surface area is 260 Å². The van der Waals surface area contributed by atoms with E-state index in [9.17, 15) is 0 Å². The number of fused-ring (bicyclic) bond motifs is 3. The normalized spacial score (nSPS) is 10.8. The number of rotatable bonds is 4. The predicted octanol–water partition coefficient (Wildman–Crippen LogP) is 8.46. The molecule has 0 atom stereocenters. The third kappa shape index (κ3) is 6.31. The topological polar surface area (TPSA) is 66.2 Å². The fourth-order valence-electron chi connectivity index (χ4n) is 5.14. The lowest BCUT2D eigenvalue weighted by molar-refractivity contribution is 0.426. The van der Waals surface area contributed by atoms with Crippen molar-refractivity contribution < 1.29 is 10.0 Å². The molecule has 0 aliphatic rings. The highest BCUT2D eigenvalue weighted by atomic mass is 35.5. The highest BCUT2D eigenvalue weighted by molar-refractivity contribution is 6.58. The van der Waals surface area contributed by atoms with Gasteiger partial charge in [0.1, 0.15) is 10.3 Å². The third-order valence-corrected chi connectivity index (χ3v) is 7.54. The summed E-state index contributed by atoms with van der Waals surface area (Å²) in [7, 11) is -1.41. The van der Waals surface area contributed by atoms with Crippen molar-refractivity contribution in [1.82, 2.24) is 9.97 Å². The van der Waals surface area contributed by atoms with E-state index in [4.69, 9.17) is 33.2 Å². The van der Waals surface area contributed by atoms with E-state index in [2.05, 4.69) is 46.4 Å². The summed E-state index contributed by atoms with van der Waals surface area (Å²) in [5.74, 6) is 0. The molecule has 0 saturated carbocycles. The summed E-state index contributed by atoms with van der Waals surface area (Å²) in [6, 6.07) is 45.4. The number of halogens is 2. The van der Waals surface area contributed by atoms with Gasteiger partial charge in [-0.05, 0) is 51.0 Å².